The summed E-state index contributed by atoms with van der Waals surface area (Å²) in [6, 6.07) is 12.0. The first-order chi connectivity index (χ1) is 10.2. The van der Waals surface area contributed by atoms with Crippen molar-refractivity contribution >= 4 is 11.8 Å². The normalized spacial score (nSPS) is 17.1. The van der Waals surface area contributed by atoms with Crippen LogP contribution in [0.1, 0.15) is 27.7 Å². The lowest BCUT2D eigenvalue weighted by molar-refractivity contribution is -0.123. The molecule has 106 valence electrons. The molecule has 1 aliphatic rings. The van der Waals surface area contributed by atoms with Crippen molar-refractivity contribution in [1.82, 2.24) is 9.88 Å². The van der Waals surface area contributed by atoms with Crippen LogP contribution in [0.15, 0.2) is 48.7 Å². The summed E-state index contributed by atoms with van der Waals surface area (Å²) >= 11 is 0. The van der Waals surface area contributed by atoms with Crippen molar-refractivity contribution in [1.29, 1.82) is 0 Å². The van der Waals surface area contributed by atoms with Gasteiger partial charge in [-0.3, -0.25) is 14.6 Å². The van der Waals surface area contributed by atoms with Crippen LogP contribution in [-0.2, 0) is 11.2 Å². The highest BCUT2D eigenvalue weighted by molar-refractivity contribution is 5.96. The summed E-state index contributed by atoms with van der Waals surface area (Å²) in [5.41, 5.74) is 7.72. The minimum atomic E-state index is -0.732. The fraction of sp³-hybridized carbons (Fsp3) is 0.188. The van der Waals surface area contributed by atoms with Crippen LogP contribution in [0.25, 0.3) is 0 Å². The van der Waals surface area contributed by atoms with E-state index in [4.69, 9.17) is 5.73 Å². The number of hydrogen-bond acceptors (Lipinski definition) is 3. The quantitative estimate of drug-likeness (QED) is 0.901. The van der Waals surface area contributed by atoms with Gasteiger partial charge in [0.15, 0.2) is 0 Å². The molecule has 1 aromatic heterocycles. The maximum atomic E-state index is 12.6. The lowest BCUT2D eigenvalue weighted by Gasteiger charge is -2.35. The maximum absolute atomic E-state index is 12.6. The van der Waals surface area contributed by atoms with Crippen LogP contribution >= 0.6 is 0 Å². The molecule has 0 aliphatic carbocycles. The molecule has 0 fully saturated rings. The zero-order chi connectivity index (χ0) is 14.8. The third kappa shape index (κ3) is 2.38. The molecule has 0 saturated carbocycles. The Morgan fingerprint density at radius 1 is 1.14 bits per heavy atom. The smallest absolute Gasteiger partial charge is 0.273 e. The zero-order valence-electron chi connectivity index (χ0n) is 11.4. The first-order valence-corrected chi connectivity index (χ1v) is 6.77. The average molecular weight is 281 g/mol. The van der Waals surface area contributed by atoms with Gasteiger partial charge in [0.2, 0.25) is 5.91 Å². The fourth-order valence-corrected chi connectivity index (χ4v) is 2.73. The van der Waals surface area contributed by atoms with Crippen LogP contribution in [0, 0.1) is 0 Å². The van der Waals surface area contributed by atoms with Crippen LogP contribution in [0.3, 0.4) is 0 Å². The molecule has 2 heterocycles. The lowest BCUT2D eigenvalue weighted by atomic mass is 9.92. The van der Waals surface area contributed by atoms with Gasteiger partial charge < -0.3 is 10.6 Å². The van der Waals surface area contributed by atoms with Gasteiger partial charge in [0.25, 0.3) is 5.91 Å². The van der Waals surface area contributed by atoms with Gasteiger partial charge in [-0.2, -0.15) is 0 Å². The van der Waals surface area contributed by atoms with E-state index in [1.165, 1.54) is 4.90 Å². The highest BCUT2D eigenvalue weighted by Crippen LogP contribution is 2.30. The molecule has 2 amide bonds. The van der Waals surface area contributed by atoms with Crippen LogP contribution in [0.2, 0.25) is 0 Å². The number of rotatable bonds is 2. The summed E-state index contributed by atoms with van der Waals surface area (Å²) in [6.07, 6.45) is 2.27. The summed E-state index contributed by atoms with van der Waals surface area (Å²) in [5, 5.41) is 0. The second-order valence-corrected chi connectivity index (χ2v) is 4.97. The molecule has 5 nitrogen and oxygen atoms in total. The van der Waals surface area contributed by atoms with Crippen LogP contribution in [0.4, 0.5) is 0 Å². The molecule has 2 N–H and O–H groups in total. The van der Waals surface area contributed by atoms with Crippen molar-refractivity contribution in [3.63, 3.8) is 0 Å². The number of benzene rings is 1. The maximum Gasteiger partial charge on any atom is 0.273 e. The predicted molar refractivity (Wildman–Crippen MR) is 77.4 cm³/mol. The Labute approximate surface area is 122 Å². The number of primary amides is 1. The standard InChI is InChI=1S/C16H15N3O2/c17-15(20)14-12-6-2-1-5-11(12)8-10-19(14)16(21)13-7-3-4-9-18-13/h1-7,9,14H,8,10H2,(H2,17,20). The summed E-state index contributed by atoms with van der Waals surface area (Å²) in [7, 11) is 0. The average Bonchev–Trinajstić information content (AvgIpc) is 2.53. The molecule has 1 unspecified atom stereocenters. The Bertz CT molecular complexity index is 685. The fourth-order valence-electron chi connectivity index (χ4n) is 2.73. The molecule has 0 radical (unpaired) electrons. The molecular formula is C16H15N3O2. The van der Waals surface area contributed by atoms with Crippen LogP contribution < -0.4 is 5.73 Å². The highest BCUT2D eigenvalue weighted by atomic mass is 16.2. The summed E-state index contributed by atoms with van der Waals surface area (Å²) in [6.45, 7) is 0.458. The number of nitrogens with two attached hydrogens (primary N) is 1. The van der Waals surface area contributed by atoms with Crippen LogP contribution in [-0.4, -0.2) is 28.2 Å². The minimum absolute atomic E-state index is 0.270. The van der Waals surface area contributed by atoms with E-state index in [9.17, 15) is 9.59 Å². The number of hydrogen-bond donors (Lipinski definition) is 1. The second-order valence-electron chi connectivity index (χ2n) is 4.97. The SMILES string of the molecule is NC(=O)C1c2ccccc2CCN1C(=O)c1ccccn1. The van der Waals surface area contributed by atoms with Gasteiger partial charge in [0.05, 0.1) is 0 Å². The van der Waals surface area contributed by atoms with E-state index >= 15 is 0 Å². The van der Waals surface area contributed by atoms with E-state index in [1.54, 1.807) is 24.4 Å². The topological polar surface area (TPSA) is 76.3 Å². The molecule has 1 aromatic carbocycles. The Morgan fingerprint density at radius 2 is 1.90 bits per heavy atom. The van der Waals surface area contributed by atoms with Crippen molar-refractivity contribution in [2.24, 2.45) is 5.73 Å². The van der Waals surface area contributed by atoms with Crippen molar-refractivity contribution in [3.8, 4) is 0 Å². The van der Waals surface area contributed by atoms with Crippen molar-refractivity contribution in [2.75, 3.05) is 6.54 Å². The van der Waals surface area contributed by atoms with Gasteiger partial charge in [0, 0.05) is 12.7 Å². The number of carbonyl (C=O) groups excluding carboxylic acids is 2. The molecule has 5 heteroatoms. The first kappa shape index (κ1) is 13.3. The van der Waals surface area contributed by atoms with Crippen LogP contribution in [0.5, 0.6) is 0 Å². The molecule has 3 rings (SSSR count). The van der Waals surface area contributed by atoms with E-state index in [0.717, 1.165) is 11.1 Å². The first-order valence-electron chi connectivity index (χ1n) is 6.77. The summed E-state index contributed by atoms with van der Waals surface area (Å²) < 4.78 is 0. The van der Waals surface area contributed by atoms with E-state index in [2.05, 4.69) is 4.98 Å². The van der Waals surface area contributed by atoms with Gasteiger partial charge in [-0.25, -0.2) is 0 Å². The van der Waals surface area contributed by atoms with E-state index < -0.39 is 11.9 Å². The molecular weight excluding hydrogens is 266 g/mol. The second kappa shape index (κ2) is 5.36. The number of nitrogens with zero attached hydrogens (tertiary/aromatic N) is 2. The number of carbonyl (C=O) groups is 2. The Hall–Kier alpha value is -2.69. The van der Waals surface area contributed by atoms with E-state index in [-0.39, 0.29) is 5.91 Å². The third-order valence-electron chi connectivity index (χ3n) is 3.70. The van der Waals surface area contributed by atoms with Gasteiger partial charge in [-0.15, -0.1) is 0 Å². The monoisotopic (exact) mass is 281 g/mol. The molecule has 0 bridgehead atoms. The van der Waals surface area contributed by atoms with Crippen molar-refractivity contribution in [3.05, 3.63) is 65.5 Å². The number of pyridine rings is 1. The molecule has 2 aromatic rings. The Balaban J connectivity index is 2.00. The minimum Gasteiger partial charge on any atom is -0.368 e. The van der Waals surface area contributed by atoms with Gasteiger partial charge >= 0.3 is 0 Å². The molecule has 21 heavy (non-hydrogen) atoms. The van der Waals surface area contributed by atoms with E-state index in [0.29, 0.717) is 18.7 Å². The zero-order valence-corrected chi connectivity index (χ0v) is 11.4. The molecule has 0 spiro atoms. The largest absolute Gasteiger partial charge is 0.368 e. The lowest BCUT2D eigenvalue weighted by Crippen LogP contribution is -2.46. The number of fused-ring (bicyclic) bond motifs is 1. The summed E-state index contributed by atoms with van der Waals surface area (Å²) in [5.74, 6) is -0.791. The molecule has 0 saturated heterocycles. The van der Waals surface area contributed by atoms with Gasteiger partial charge in [-0.1, -0.05) is 30.3 Å². The number of amides is 2. The Morgan fingerprint density at radius 3 is 2.62 bits per heavy atom. The third-order valence-corrected chi connectivity index (χ3v) is 3.70. The van der Waals surface area contributed by atoms with Crippen molar-refractivity contribution in [2.45, 2.75) is 12.5 Å². The highest BCUT2D eigenvalue weighted by Gasteiger charge is 2.35. The predicted octanol–water partition coefficient (Wildman–Crippen LogP) is 1.31. The molecule has 1 atom stereocenters. The number of aromatic nitrogens is 1. The summed E-state index contributed by atoms with van der Waals surface area (Å²) in [4.78, 5) is 30.0. The molecule has 1 aliphatic heterocycles. The Kier molecular flexibility index (Phi) is 3.39. The van der Waals surface area contributed by atoms with E-state index in [1.807, 2.05) is 24.3 Å². The van der Waals surface area contributed by atoms with Gasteiger partial charge in [-0.05, 0) is 29.7 Å². The van der Waals surface area contributed by atoms with Gasteiger partial charge in [0.1, 0.15) is 11.7 Å². The van der Waals surface area contributed by atoms with Crippen molar-refractivity contribution < 1.29 is 9.59 Å².